The molecule has 0 aliphatic heterocycles. The highest BCUT2D eigenvalue weighted by atomic mass is 19.1. The molecule has 130 valence electrons. The molecule has 0 bridgehead atoms. The van der Waals surface area contributed by atoms with Crippen LogP contribution in [0.3, 0.4) is 0 Å². The minimum atomic E-state index is -0.598. The van der Waals surface area contributed by atoms with Gasteiger partial charge in [-0.05, 0) is 48.1 Å². The summed E-state index contributed by atoms with van der Waals surface area (Å²) >= 11 is 0. The van der Waals surface area contributed by atoms with Crippen LogP contribution in [0.4, 0.5) is 8.78 Å². The van der Waals surface area contributed by atoms with Gasteiger partial charge in [-0.1, -0.05) is 6.07 Å². The Balaban J connectivity index is 1.49. The quantitative estimate of drug-likeness (QED) is 0.872. The molecule has 5 nitrogen and oxygen atoms in total. The number of carbonyl (C=O) groups excluding carboxylic acids is 1. The van der Waals surface area contributed by atoms with Gasteiger partial charge >= 0.3 is 0 Å². The maximum absolute atomic E-state index is 14.0. The number of hydrogen-bond donors (Lipinski definition) is 2. The summed E-state index contributed by atoms with van der Waals surface area (Å²) in [7, 11) is 0. The second-order valence-electron chi connectivity index (χ2n) is 7.12. The third-order valence-electron chi connectivity index (χ3n) is 5.55. The number of hydrogen-bond acceptors (Lipinski definition) is 3. The van der Waals surface area contributed by atoms with Crippen molar-refractivity contribution in [2.24, 2.45) is 10.8 Å². The smallest absolute Gasteiger partial charge is 0.287 e. The second kappa shape index (κ2) is 5.47. The zero-order valence-corrected chi connectivity index (χ0v) is 13.4. The molecule has 1 aromatic carbocycles. The molecule has 0 radical (unpaired) electrons. The number of amides is 1. The molecule has 7 heteroatoms. The Morgan fingerprint density at radius 1 is 1.28 bits per heavy atom. The molecule has 1 spiro atoms. The van der Waals surface area contributed by atoms with Crippen molar-refractivity contribution in [1.29, 1.82) is 0 Å². The summed E-state index contributed by atoms with van der Waals surface area (Å²) in [6.45, 7) is 0.376. The van der Waals surface area contributed by atoms with Crippen molar-refractivity contribution in [2.45, 2.75) is 25.7 Å². The van der Waals surface area contributed by atoms with Gasteiger partial charge in [-0.25, -0.2) is 13.8 Å². The first-order valence-electron chi connectivity index (χ1n) is 8.21. The molecule has 1 atom stereocenters. The van der Waals surface area contributed by atoms with Crippen LogP contribution < -0.4 is 10.9 Å². The van der Waals surface area contributed by atoms with Gasteiger partial charge in [0.05, 0.1) is 0 Å². The fraction of sp³-hybridized carbons (Fsp3) is 0.389. The van der Waals surface area contributed by atoms with Gasteiger partial charge in [0.1, 0.15) is 11.6 Å². The van der Waals surface area contributed by atoms with Crippen LogP contribution in [0.15, 0.2) is 35.3 Å². The molecule has 2 aliphatic rings. The lowest BCUT2D eigenvalue weighted by atomic mass is 9.92. The first kappa shape index (κ1) is 15.9. The molecule has 2 aliphatic carbocycles. The topological polar surface area (TPSA) is 74.8 Å². The average molecular weight is 345 g/mol. The average Bonchev–Trinajstić information content (AvgIpc) is 3.47. The van der Waals surface area contributed by atoms with E-state index in [1.807, 2.05) is 0 Å². The van der Waals surface area contributed by atoms with Crippen molar-refractivity contribution in [3.8, 4) is 0 Å². The van der Waals surface area contributed by atoms with Crippen LogP contribution in [-0.4, -0.2) is 22.4 Å². The highest BCUT2D eigenvalue weighted by molar-refractivity contribution is 5.90. The van der Waals surface area contributed by atoms with Gasteiger partial charge in [-0.15, -0.1) is 0 Å². The van der Waals surface area contributed by atoms with Crippen LogP contribution >= 0.6 is 0 Å². The Bertz CT molecular complexity index is 907. The summed E-state index contributed by atoms with van der Waals surface area (Å²) in [4.78, 5) is 29.7. The summed E-state index contributed by atoms with van der Waals surface area (Å²) in [5, 5.41) is 2.81. The lowest BCUT2D eigenvalue weighted by Crippen LogP contribution is -2.34. The Labute approximate surface area is 142 Å². The van der Waals surface area contributed by atoms with Crippen LogP contribution in [0.2, 0.25) is 0 Å². The van der Waals surface area contributed by atoms with E-state index in [1.165, 1.54) is 24.4 Å². The van der Waals surface area contributed by atoms with E-state index >= 15 is 0 Å². The molecule has 2 saturated carbocycles. The van der Waals surface area contributed by atoms with E-state index in [-0.39, 0.29) is 16.7 Å². The summed E-state index contributed by atoms with van der Waals surface area (Å²) in [5.74, 6) is -1.65. The molecule has 1 heterocycles. The zero-order valence-electron chi connectivity index (χ0n) is 13.4. The lowest BCUT2D eigenvalue weighted by Gasteiger charge is -2.18. The van der Waals surface area contributed by atoms with Crippen LogP contribution in [-0.2, 0) is 6.42 Å². The minimum Gasteiger partial charge on any atom is -0.349 e. The molecule has 2 aromatic rings. The molecule has 25 heavy (non-hydrogen) atoms. The Hall–Kier alpha value is -2.57. The van der Waals surface area contributed by atoms with Gasteiger partial charge in [-0.3, -0.25) is 9.59 Å². The predicted molar refractivity (Wildman–Crippen MR) is 86.0 cm³/mol. The van der Waals surface area contributed by atoms with E-state index in [1.54, 1.807) is 0 Å². The number of rotatable bonds is 5. The number of aromatic nitrogens is 2. The number of halogens is 2. The normalized spacial score (nSPS) is 22.6. The third-order valence-corrected chi connectivity index (χ3v) is 5.55. The molecule has 0 saturated heterocycles. The van der Waals surface area contributed by atoms with Gasteiger partial charge < -0.3 is 10.3 Å². The van der Waals surface area contributed by atoms with Gasteiger partial charge in [0.2, 0.25) is 0 Å². The largest absolute Gasteiger partial charge is 0.349 e. The predicted octanol–water partition coefficient (Wildman–Crippen LogP) is 2.19. The first-order chi connectivity index (χ1) is 11.9. The zero-order chi connectivity index (χ0) is 17.7. The van der Waals surface area contributed by atoms with Gasteiger partial charge in [0.25, 0.3) is 11.5 Å². The SMILES string of the molecule is O=C(NCC1(Cc2ccc(F)cc2F)CC12CC2)c1nccc(=O)[nH]1. The van der Waals surface area contributed by atoms with Crippen LogP contribution in [0.1, 0.15) is 35.4 Å². The van der Waals surface area contributed by atoms with E-state index in [0.29, 0.717) is 18.5 Å². The van der Waals surface area contributed by atoms with E-state index in [9.17, 15) is 18.4 Å². The van der Waals surface area contributed by atoms with Crippen molar-refractivity contribution >= 4 is 5.91 Å². The summed E-state index contributed by atoms with van der Waals surface area (Å²) in [6.07, 6.45) is 4.77. The molecular formula is C18H17F2N3O2. The van der Waals surface area contributed by atoms with Crippen LogP contribution in [0.5, 0.6) is 0 Å². The molecule has 4 rings (SSSR count). The number of benzene rings is 1. The number of H-pyrrole nitrogens is 1. The fourth-order valence-corrected chi connectivity index (χ4v) is 3.87. The maximum atomic E-state index is 14.0. The van der Waals surface area contributed by atoms with Crippen molar-refractivity contribution in [1.82, 2.24) is 15.3 Å². The van der Waals surface area contributed by atoms with E-state index in [4.69, 9.17) is 0 Å². The molecule has 1 aromatic heterocycles. The summed E-state index contributed by atoms with van der Waals surface area (Å²) in [6, 6.07) is 4.85. The van der Waals surface area contributed by atoms with Gasteiger partial charge in [0.15, 0.2) is 5.82 Å². The minimum absolute atomic E-state index is 0.0406. The van der Waals surface area contributed by atoms with Crippen molar-refractivity contribution in [3.05, 3.63) is 63.8 Å². The second-order valence-corrected chi connectivity index (χ2v) is 7.12. The molecule has 2 N–H and O–H groups in total. The highest BCUT2D eigenvalue weighted by Gasteiger charge is 2.73. The number of aromatic amines is 1. The van der Waals surface area contributed by atoms with Crippen molar-refractivity contribution in [3.63, 3.8) is 0 Å². The van der Waals surface area contributed by atoms with Crippen LogP contribution in [0, 0.1) is 22.5 Å². The van der Waals surface area contributed by atoms with Crippen LogP contribution in [0.25, 0.3) is 0 Å². The third kappa shape index (κ3) is 2.83. The maximum Gasteiger partial charge on any atom is 0.287 e. The summed E-state index contributed by atoms with van der Waals surface area (Å²) in [5.41, 5.74) is 0.0219. The van der Waals surface area contributed by atoms with E-state index in [2.05, 4.69) is 15.3 Å². The molecule has 1 unspecified atom stereocenters. The lowest BCUT2D eigenvalue weighted by molar-refractivity contribution is 0.0931. The number of nitrogens with zero attached hydrogens (tertiary/aromatic N) is 1. The number of nitrogens with one attached hydrogen (secondary N) is 2. The standard InChI is InChI=1S/C18H17F2N3O2/c19-12-2-1-11(13(20)7-12)8-18(9-17(18)4-5-17)10-22-16(25)15-21-6-3-14(24)23-15/h1-3,6-7H,4-5,8-10H2,(H,22,25)(H,21,23,24). The van der Waals surface area contributed by atoms with E-state index < -0.39 is 23.1 Å². The highest BCUT2D eigenvalue weighted by Crippen LogP contribution is 2.79. The molecule has 2 fully saturated rings. The fourth-order valence-electron chi connectivity index (χ4n) is 3.87. The Morgan fingerprint density at radius 3 is 2.72 bits per heavy atom. The molecular weight excluding hydrogens is 328 g/mol. The Morgan fingerprint density at radius 2 is 2.08 bits per heavy atom. The van der Waals surface area contributed by atoms with Gasteiger partial charge in [-0.2, -0.15) is 0 Å². The van der Waals surface area contributed by atoms with Crippen molar-refractivity contribution < 1.29 is 13.6 Å². The van der Waals surface area contributed by atoms with Crippen molar-refractivity contribution in [2.75, 3.05) is 6.54 Å². The van der Waals surface area contributed by atoms with Gasteiger partial charge in [0, 0.05) is 24.9 Å². The first-order valence-corrected chi connectivity index (χ1v) is 8.21. The van der Waals surface area contributed by atoms with E-state index in [0.717, 1.165) is 25.3 Å². The summed E-state index contributed by atoms with van der Waals surface area (Å²) < 4.78 is 27.1. The molecule has 1 amide bonds. The monoisotopic (exact) mass is 345 g/mol. The number of carbonyl (C=O) groups is 1. The Kier molecular flexibility index (Phi) is 3.49.